The van der Waals surface area contributed by atoms with Gasteiger partial charge in [-0.2, -0.15) is 0 Å². The predicted molar refractivity (Wildman–Crippen MR) is 96.2 cm³/mol. The molecule has 2 amide bonds. The maximum absolute atomic E-state index is 12.1. The number of benzene rings is 1. The molecule has 0 saturated carbocycles. The van der Waals surface area contributed by atoms with Crippen LogP contribution in [0.3, 0.4) is 0 Å². The summed E-state index contributed by atoms with van der Waals surface area (Å²) in [5.74, 6) is 0.555. The number of rotatable bonds is 8. The molecule has 0 fully saturated rings. The van der Waals surface area contributed by atoms with E-state index in [1.165, 1.54) is 6.92 Å². The quantitative estimate of drug-likeness (QED) is 0.801. The van der Waals surface area contributed by atoms with Crippen LogP contribution in [0.25, 0.3) is 0 Å². The topological polar surface area (TPSA) is 71.5 Å². The van der Waals surface area contributed by atoms with E-state index in [0.717, 1.165) is 11.3 Å². The molecule has 1 aromatic carbocycles. The van der Waals surface area contributed by atoms with Crippen molar-refractivity contribution in [2.24, 2.45) is 0 Å². The molecule has 0 unspecified atom stereocenters. The first-order chi connectivity index (χ1) is 12.1. The fourth-order valence-electron chi connectivity index (χ4n) is 2.32. The number of aromatic nitrogens is 1. The largest absolute Gasteiger partial charge is 0.494 e. The normalized spacial score (nSPS) is 10.2. The highest BCUT2D eigenvalue weighted by molar-refractivity contribution is 5.91. The predicted octanol–water partition coefficient (Wildman–Crippen LogP) is 2.86. The summed E-state index contributed by atoms with van der Waals surface area (Å²) in [5.41, 5.74) is 1.64. The second kappa shape index (κ2) is 9.42. The van der Waals surface area contributed by atoms with Gasteiger partial charge in [0.2, 0.25) is 11.8 Å². The summed E-state index contributed by atoms with van der Waals surface area (Å²) in [4.78, 5) is 29.6. The first-order valence-electron chi connectivity index (χ1n) is 8.25. The van der Waals surface area contributed by atoms with E-state index in [-0.39, 0.29) is 18.2 Å². The molecule has 2 rings (SSSR count). The molecule has 0 radical (unpaired) electrons. The minimum Gasteiger partial charge on any atom is -0.494 e. The van der Waals surface area contributed by atoms with E-state index in [1.807, 2.05) is 31.2 Å². The van der Waals surface area contributed by atoms with Gasteiger partial charge in [0.25, 0.3) is 0 Å². The van der Waals surface area contributed by atoms with Crippen molar-refractivity contribution >= 4 is 17.5 Å². The molecule has 1 aromatic heterocycles. The molecule has 25 heavy (non-hydrogen) atoms. The Hall–Kier alpha value is -2.89. The van der Waals surface area contributed by atoms with E-state index in [1.54, 1.807) is 29.4 Å². The van der Waals surface area contributed by atoms with E-state index < -0.39 is 0 Å². The molecule has 0 atom stereocenters. The van der Waals surface area contributed by atoms with Crippen molar-refractivity contribution in [3.63, 3.8) is 0 Å². The summed E-state index contributed by atoms with van der Waals surface area (Å²) in [6, 6.07) is 10.9. The van der Waals surface area contributed by atoms with Gasteiger partial charge in [0.15, 0.2) is 0 Å². The molecule has 0 aliphatic carbocycles. The van der Waals surface area contributed by atoms with Crippen molar-refractivity contribution in [3.8, 4) is 5.75 Å². The second-order valence-electron chi connectivity index (χ2n) is 5.56. The number of carbonyl (C=O) groups is 2. The monoisotopic (exact) mass is 341 g/mol. The number of carbonyl (C=O) groups excluding carboxylic acids is 2. The van der Waals surface area contributed by atoms with Crippen molar-refractivity contribution < 1.29 is 14.3 Å². The summed E-state index contributed by atoms with van der Waals surface area (Å²) in [6.07, 6.45) is 3.63. The van der Waals surface area contributed by atoms with Crippen molar-refractivity contribution in [2.75, 3.05) is 18.5 Å². The minimum absolute atomic E-state index is 0.0716. The standard InChI is InChI=1S/C19H23N3O3/c1-3-25-18-8-6-17(7-9-18)21-19(24)10-12-22(15(2)23)14-16-5-4-11-20-13-16/h4-9,11,13H,3,10,12,14H2,1-2H3,(H,21,24). The lowest BCUT2D eigenvalue weighted by atomic mass is 10.2. The van der Waals surface area contributed by atoms with Gasteiger partial charge in [-0.1, -0.05) is 6.07 Å². The second-order valence-corrected chi connectivity index (χ2v) is 5.56. The first kappa shape index (κ1) is 18.4. The molecule has 1 N–H and O–H groups in total. The van der Waals surface area contributed by atoms with E-state index in [4.69, 9.17) is 4.74 Å². The maximum atomic E-state index is 12.1. The maximum Gasteiger partial charge on any atom is 0.226 e. The fraction of sp³-hybridized carbons (Fsp3) is 0.316. The molecule has 0 aliphatic rings. The van der Waals surface area contributed by atoms with Crippen LogP contribution in [-0.2, 0) is 16.1 Å². The van der Waals surface area contributed by atoms with Crippen LogP contribution in [0.2, 0.25) is 0 Å². The van der Waals surface area contributed by atoms with E-state index >= 15 is 0 Å². The number of hydrogen-bond donors (Lipinski definition) is 1. The molecule has 2 aromatic rings. The molecule has 0 aliphatic heterocycles. The zero-order chi connectivity index (χ0) is 18.1. The zero-order valence-corrected chi connectivity index (χ0v) is 14.6. The Kier molecular flexibility index (Phi) is 6.95. The molecular formula is C19H23N3O3. The van der Waals surface area contributed by atoms with Crippen LogP contribution in [0.15, 0.2) is 48.8 Å². The highest BCUT2D eigenvalue weighted by Gasteiger charge is 2.12. The number of ether oxygens (including phenoxy) is 1. The van der Waals surface area contributed by atoms with Crippen LogP contribution in [0.5, 0.6) is 5.75 Å². The Morgan fingerprint density at radius 2 is 1.96 bits per heavy atom. The molecule has 0 bridgehead atoms. The average molecular weight is 341 g/mol. The summed E-state index contributed by atoms with van der Waals surface area (Å²) in [7, 11) is 0. The van der Waals surface area contributed by atoms with E-state index in [0.29, 0.717) is 25.4 Å². The van der Waals surface area contributed by atoms with Crippen LogP contribution in [-0.4, -0.2) is 34.8 Å². The van der Waals surface area contributed by atoms with Crippen molar-refractivity contribution in [1.82, 2.24) is 9.88 Å². The number of hydrogen-bond acceptors (Lipinski definition) is 4. The van der Waals surface area contributed by atoms with Gasteiger partial charge in [-0.05, 0) is 42.8 Å². The van der Waals surface area contributed by atoms with Crippen molar-refractivity contribution in [1.29, 1.82) is 0 Å². The zero-order valence-electron chi connectivity index (χ0n) is 14.6. The molecular weight excluding hydrogens is 318 g/mol. The Bertz CT molecular complexity index is 687. The summed E-state index contributed by atoms with van der Waals surface area (Å²) < 4.78 is 5.37. The molecule has 6 heteroatoms. The third-order valence-corrected chi connectivity index (χ3v) is 3.60. The van der Waals surface area contributed by atoms with Gasteiger partial charge >= 0.3 is 0 Å². The summed E-state index contributed by atoms with van der Waals surface area (Å²) in [6.45, 7) is 4.82. The first-order valence-corrected chi connectivity index (χ1v) is 8.25. The van der Waals surface area contributed by atoms with Gasteiger partial charge in [-0.15, -0.1) is 0 Å². The summed E-state index contributed by atoms with van der Waals surface area (Å²) >= 11 is 0. The van der Waals surface area contributed by atoms with Gasteiger partial charge < -0.3 is 15.0 Å². The van der Waals surface area contributed by atoms with Crippen LogP contribution in [0, 0.1) is 0 Å². The molecule has 132 valence electrons. The number of nitrogens with zero attached hydrogens (tertiary/aromatic N) is 2. The van der Waals surface area contributed by atoms with E-state index in [9.17, 15) is 9.59 Å². The Labute approximate surface area is 147 Å². The highest BCUT2D eigenvalue weighted by atomic mass is 16.5. The molecule has 0 spiro atoms. The van der Waals surface area contributed by atoms with Gasteiger partial charge in [-0.25, -0.2) is 0 Å². The van der Waals surface area contributed by atoms with Crippen LogP contribution in [0.1, 0.15) is 25.8 Å². The van der Waals surface area contributed by atoms with Crippen LogP contribution >= 0.6 is 0 Å². The number of pyridine rings is 1. The number of nitrogens with one attached hydrogen (secondary N) is 1. The molecule has 1 heterocycles. The lowest BCUT2D eigenvalue weighted by Gasteiger charge is -2.20. The summed E-state index contributed by atoms with van der Waals surface area (Å²) in [5, 5.41) is 2.82. The van der Waals surface area contributed by atoms with Gasteiger partial charge in [-0.3, -0.25) is 14.6 Å². The van der Waals surface area contributed by atoms with Crippen molar-refractivity contribution in [2.45, 2.75) is 26.8 Å². The fourth-order valence-corrected chi connectivity index (χ4v) is 2.32. The smallest absolute Gasteiger partial charge is 0.226 e. The number of anilines is 1. The average Bonchev–Trinajstić information content (AvgIpc) is 2.61. The SMILES string of the molecule is CCOc1ccc(NC(=O)CCN(Cc2cccnc2)C(C)=O)cc1. The third-order valence-electron chi connectivity index (χ3n) is 3.60. The highest BCUT2D eigenvalue weighted by Crippen LogP contribution is 2.15. The lowest BCUT2D eigenvalue weighted by molar-refractivity contribution is -0.129. The molecule has 6 nitrogen and oxygen atoms in total. The van der Waals surface area contributed by atoms with Gasteiger partial charge in [0.05, 0.1) is 6.61 Å². The van der Waals surface area contributed by atoms with Gasteiger partial charge in [0, 0.05) is 44.5 Å². The number of amides is 2. The lowest BCUT2D eigenvalue weighted by Crippen LogP contribution is -2.31. The van der Waals surface area contributed by atoms with Crippen LogP contribution in [0.4, 0.5) is 5.69 Å². The molecule has 0 saturated heterocycles. The Balaban J connectivity index is 1.85. The minimum atomic E-state index is -0.137. The Morgan fingerprint density at radius 3 is 2.56 bits per heavy atom. The van der Waals surface area contributed by atoms with Gasteiger partial charge in [0.1, 0.15) is 5.75 Å². The Morgan fingerprint density at radius 1 is 1.20 bits per heavy atom. The van der Waals surface area contributed by atoms with Crippen LogP contribution < -0.4 is 10.1 Å². The van der Waals surface area contributed by atoms with Crippen molar-refractivity contribution in [3.05, 3.63) is 54.4 Å². The van der Waals surface area contributed by atoms with E-state index in [2.05, 4.69) is 10.3 Å². The third kappa shape index (κ3) is 6.25.